The van der Waals surface area contributed by atoms with Gasteiger partial charge in [-0.05, 0) is 47.1 Å². The maximum atomic E-state index is 13.3. The molecule has 0 spiro atoms. The average molecular weight is 406 g/mol. The zero-order valence-electron chi connectivity index (χ0n) is 15.5. The average Bonchev–Trinajstić information content (AvgIpc) is 2.75. The second kappa shape index (κ2) is 8.23. The molecule has 4 aromatic rings. The molecular formula is C25H18F3P. The predicted octanol–water partition coefficient (Wildman–Crippen LogP) is 6.13. The van der Waals surface area contributed by atoms with Crippen LogP contribution in [0.1, 0.15) is 5.56 Å². The van der Waals surface area contributed by atoms with Gasteiger partial charge in [-0.2, -0.15) is 13.2 Å². The van der Waals surface area contributed by atoms with E-state index in [1.165, 1.54) is 12.1 Å². The van der Waals surface area contributed by atoms with E-state index in [0.29, 0.717) is 5.56 Å². The molecule has 0 N–H and O–H groups in total. The van der Waals surface area contributed by atoms with Crippen molar-refractivity contribution in [2.24, 2.45) is 0 Å². The van der Waals surface area contributed by atoms with E-state index in [-0.39, 0.29) is 0 Å². The molecule has 0 fully saturated rings. The number of rotatable bonds is 4. The first-order valence-corrected chi connectivity index (χ1v) is 10.5. The molecule has 144 valence electrons. The van der Waals surface area contributed by atoms with E-state index in [0.717, 1.165) is 27.5 Å². The molecule has 0 amide bonds. The summed E-state index contributed by atoms with van der Waals surface area (Å²) in [5.74, 6) is 0. The molecule has 0 saturated heterocycles. The van der Waals surface area contributed by atoms with Gasteiger partial charge in [0.15, 0.2) is 0 Å². The SMILES string of the molecule is FC(F)(F)c1cccc(-c2ccccc2P(c2ccccc2)c2ccccc2)c1. The Bertz CT molecular complexity index is 1050. The highest BCUT2D eigenvalue weighted by Crippen LogP contribution is 2.38. The van der Waals surface area contributed by atoms with Gasteiger partial charge in [0.05, 0.1) is 5.56 Å². The van der Waals surface area contributed by atoms with Gasteiger partial charge in [0.2, 0.25) is 0 Å². The summed E-state index contributed by atoms with van der Waals surface area (Å²) < 4.78 is 39.8. The topological polar surface area (TPSA) is 0 Å². The highest BCUT2D eigenvalue weighted by molar-refractivity contribution is 7.80. The fraction of sp³-hybridized carbons (Fsp3) is 0.0400. The van der Waals surface area contributed by atoms with Gasteiger partial charge in [-0.3, -0.25) is 0 Å². The zero-order chi connectivity index (χ0) is 20.3. The van der Waals surface area contributed by atoms with E-state index in [1.54, 1.807) is 6.07 Å². The van der Waals surface area contributed by atoms with Crippen LogP contribution in [0.3, 0.4) is 0 Å². The summed E-state index contributed by atoms with van der Waals surface area (Å²) in [6.07, 6.45) is -4.37. The zero-order valence-corrected chi connectivity index (χ0v) is 16.4. The van der Waals surface area contributed by atoms with Gasteiger partial charge in [-0.25, -0.2) is 0 Å². The second-order valence-corrected chi connectivity index (χ2v) is 8.79. The Morgan fingerprint density at radius 3 is 1.69 bits per heavy atom. The van der Waals surface area contributed by atoms with Gasteiger partial charge in [-0.1, -0.05) is 97.1 Å². The van der Waals surface area contributed by atoms with Crippen molar-refractivity contribution in [2.45, 2.75) is 6.18 Å². The lowest BCUT2D eigenvalue weighted by Gasteiger charge is -2.22. The second-order valence-electron chi connectivity index (χ2n) is 6.60. The molecule has 0 bridgehead atoms. The van der Waals surface area contributed by atoms with Crippen LogP contribution < -0.4 is 15.9 Å². The fourth-order valence-electron chi connectivity index (χ4n) is 3.36. The maximum Gasteiger partial charge on any atom is 0.416 e. The Morgan fingerprint density at radius 1 is 0.552 bits per heavy atom. The number of benzene rings is 4. The standard InChI is InChI=1S/C25H18F3P/c26-25(27,28)20-11-9-10-19(18-20)23-16-7-8-17-24(23)29(21-12-3-1-4-13-21)22-14-5-2-6-15-22/h1-18H. The molecule has 4 aromatic carbocycles. The quantitative estimate of drug-likeness (QED) is 0.358. The summed E-state index contributed by atoms with van der Waals surface area (Å²) in [5.41, 5.74) is 0.778. The summed E-state index contributed by atoms with van der Waals surface area (Å²) in [5, 5.41) is 3.36. The van der Waals surface area contributed by atoms with E-state index in [9.17, 15) is 13.2 Å². The molecule has 4 heteroatoms. The highest BCUT2D eigenvalue weighted by Gasteiger charge is 2.30. The van der Waals surface area contributed by atoms with Crippen molar-refractivity contribution in [1.82, 2.24) is 0 Å². The number of halogens is 3. The molecule has 0 unspecified atom stereocenters. The lowest BCUT2D eigenvalue weighted by molar-refractivity contribution is -0.137. The third-order valence-electron chi connectivity index (χ3n) is 4.67. The summed E-state index contributed by atoms with van der Waals surface area (Å²) >= 11 is 0. The minimum atomic E-state index is -4.37. The van der Waals surface area contributed by atoms with Gasteiger partial charge in [0.1, 0.15) is 0 Å². The van der Waals surface area contributed by atoms with E-state index < -0.39 is 19.7 Å². The van der Waals surface area contributed by atoms with Crippen LogP contribution in [0.4, 0.5) is 13.2 Å². The van der Waals surface area contributed by atoms with Crippen LogP contribution in [0, 0.1) is 0 Å². The van der Waals surface area contributed by atoms with Crippen molar-refractivity contribution < 1.29 is 13.2 Å². The van der Waals surface area contributed by atoms with Crippen molar-refractivity contribution >= 4 is 23.8 Å². The van der Waals surface area contributed by atoms with E-state index in [4.69, 9.17) is 0 Å². The monoisotopic (exact) mass is 406 g/mol. The Morgan fingerprint density at radius 2 is 1.10 bits per heavy atom. The van der Waals surface area contributed by atoms with E-state index >= 15 is 0 Å². The summed E-state index contributed by atoms with van der Waals surface area (Å²) in [4.78, 5) is 0. The lowest BCUT2D eigenvalue weighted by atomic mass is 10.0. The molecular weight excluding hydrogens is 388 g/mol. The van der Waals surface area contributed by atoms with Crippen molar-refractivity contribution in [3.8, 4) is 11.1 Å². The third-order valence-corrected chi connectivity index (χ3v) is 7.18. The Hall–Kier alpha value is -2.90. The molecule has 29 heavy (non-hydrogen) atoms. The number of hydrogen-bond acceptors (Lipinski definition) is 0. The van der Waals surface area contributed by atoms with Crippen LogP contribution in [0.5, 0.6) is 0 Å². The van der Waals surface area contributed by atoms with Crippen molar-refractivity contribution in [3.63, 3.8) is 0 Å². The summed E-state index contributed by atoms with van der Waals surface area (Å²) in [6.45, 7) is 0. The normalized spacial score (nSPS) is 11.6. The first-order valence-electron chi connectivity index (χ1n) is 9.21. The first kappa shape index (κ1) is 19.4. The van der Waals surface area contributed by atoms with Crippen molar-refractivity contribution in [3.05, 3.63) is 115 Å². The first-order chi connectivity index (χ1) is 14.0. The highest BCUT2D eigenvalue weighted by atomic mass is 31.1. The molecule has 0 saturated carbocycles. The van der Waals surface area contributed by atoms with Crippen LogP contribution in [0.2, 0.25) is 0 Å². The van der Waals surface area contributed by atoms with E-state index in [1.807, 2.05) is 60.7 Å². The minimum absolute atomic E-state index is 0.579. The third kappa shape index (κ3) is 4.26. The fourth-order valence-corrected chi connectivity index (χ4v) is 5.83. The molecule has 0 heterocycles. The molecule has 0 aliphatic rings. The lowest BCUT2D eigenvalue weighted by Crippen LogP contribution is -2.22. The molecule has 0 aliphatic carbocycles. The van der Waals surface area contributed by atoms with Crippen molar-refractivity contribution in [2.75, 3.05) is 0 Å². The Balaban J connectivity index is 1.91. The molecule has 0 atom stereocenters. The molecule has 0 radical (unpaired) electrons. The minimum Gasteiger partial charge on any atom is -0.166 e. The van der Waals surface area contributed by atoms with Crippen molar-refractivity contribution in [1.29, 1.82) is 0 Å². The van der Waals surface area contributed by atoms with Crippen LogP contribution in [-0.4, -0.2) is 0 Å². The van der Waals surface area contributed by atoms with Gasteiger partial charge in [0, 0.05) is 0 Å². The largest absolute Gasteiger partial charge is 0.416 e. The predicted molar refractivity (Wildman–Crippen MR) is 116 cm³/mol. The Kier molecular flexibility index (Phi) is 5.51. The van der Waals surface area contributed by atoms with Crippen LogP contribution in [0.15, 0.2) is 109 Å². The number of hydrogen-bond donors (Lipinski definition) is 0. The molecule has 4 rings (SSSR count). The van der Waals surface area contributed by atoms with Crippen LogP contribution >= 0.6 is 7.92 Å². The summed E-state index contributed by atoms with van der Waals surface area (Å²) in [6, 6.07) is 33.6. The van der Waals surface area contributed by atoms with Gasteiger partial charge in [-0.15, -0.1) is 0 Å². The smallest absolute Gasteiger partial charge is 0.166 e. The molecule has 0 aliphatic heterocycles. The van der Waals surface area contributed by atoms with Gasteiger partial charge in [0.25, 0.3) is 0 Å². The van der Waals surface area contributed by atoms with Crippen LogP contribution in [-0.2, 0) is 6.18 Å². The maximum absolute atomic E-state index is 13.3. The van der Waals surface area contributed by atoms with E-state index in [2.05, 4.69) is 24.3 Å². The Labute approximate surface area is 169 Å². The molecule has 0 nitrogen and oxygen atoms in total. The van der Waals surface area contributed by atoms with Gasteiger partial charge >= 0.3 is 6.18 Å². The summed E-state index contributed by atoms with van der Waals surface area (Å²) in [7, 11) is -0.909. The van der Waals surface area contributed by atoms with Gasteiger partial charge < -0.3 is 0 Å². The van der Waals surface area contributed by atoms with Crippen LogP contribution in [0.25, 0.3) is 11.1 Å². The number of alkyl halides is 3. The molecule has 0 aromatic heterocycles.